The van der Waals surface area contributed by atoms with Gasteiger partial charge < -0.3 is 16.2 Å². The van der Waals surface area contributed by atoms with E-state index in [4.69, 9.17) is 10.8 Å². The van der Waals surface area contributed by atoms with Crippen molar-refractivity contribution >= 4 is 17.2 Å². The fraction of sp³-hybridized carbons (Fsp3) is 0.103. The normalized spacial score (nSPS) is 12.9. The first-order chi connectivity index (χ1) is 19.8. The monoisotopic (exact) mass is 556 g/mol. The zero-order valence-electron chi connectivity index (χ0n) is 21.4. The van der Waals surface area contributed by atoms with E-state index in [1.54, 1.807) is 47.1 Å². The summed E-state index contributed by atoms with van der Waals surface area (Å²) >= 11 is 0. The maximum Gasteiger partial charge on any atom is 0.137 e. The Balaban J connectivity index is 1.45. The lowest BCUT2D eigenvalue weighted by molar-refractivity contribution is 0.0246. The van der Waals surface area contributed by atoms with Gasteiger partial charge in [0.25, 0.3) is 0 Å². The van der Waals surface area contributed by atoms with Gasteiger partial charge in [0.1, 0.15) is 53.0 Å². The molecule has 0 saturated heterocycles. The number of nitrogens with two attached hydrogens (primary N) is 1. The zero-order valence-corrected chi connectivity index (χ0v) is 21.4. The van der Waals surface area contributed by atoms with E-state index in [1.165, 1.54) is 35.5 Å². The summed E-state index contributed by atoms with van der Waals surface area (Å²) in [5, 5.41) is 23.8. The minimum atomic E-state index is -1.86. The number of nitrogens with zero attached hydrogens (tertiary/aromatic N) is 6. The number of hydrogen-bond acceptors (Lipinski definition) is 7. The fourth-order valence-corrected chi connectivity index (χ4v) is 4.82. The van der Waals surface area contributed by atoms with Gasteiger partial charge >= 0.3 is 0 Å². The first kappa shape index (κ1) is 26.0. The Hall–Kier alpha value is -5.23. The number of rotatable bonds is 8. The van der Waals surface area contributed by atoms with Crippen LogP contribution in [0, 0.1) is 17.5 Å². The Bertz CT molecular complexity index is 1840. The molecule has 6 rings (SSSR count). The van der Waals surface area contributed by atoms with Crippen LogP contribution in [0.4, 0.5) is 24.8 Å². The van der Waals surface area contributed by atoms with Crippen molar-refractivity contribution in [1.82, 2.24) is 29.4 Å². The molecule has 0 unspecified atom stereocenters. The van der Waals surface area contributed by atoms with Crippen LogP contribution in [0.1, 0.15) is 5.56 Å². The minimum absolute atomic E-state index is 0.116. The van der Waals surface area contributed by atoms with Gasteiger partial charge in [0.05, 0.1) is 18.6 Å². The summed E-state index contributed by atoms with van der Waals surface area (Å²) in [5.41, 5.74) is 7.41. The number of nitrogens with one attached hydrogen (secondary N) is 1. The number of halogens is 3. The van der Waals surface area contributed by atoms with Crippen LogP contribution < -0.4 is 11.1 Å². The van der Waals surface area contributed by atoms with E-state index in [2.05, 4.69) is 20.4 Å². The van der Waals surface area contributed by atoms with Crippen LogP contribution in [0.2, 0.25) is 0 Å². The molecular formula is C29H23F3N8O. The van der Waals surface area contributed by atoms with Gasteiger partial charge in [0.15, 0.2) is 0 Å². The van der Waals surface area contributed by atoms with Crippen LogP contribution in [0.15, 0.2) is 91.6 Å². The summed E-state index contributed by atoms with van der Waals surface area (Å²) in [5.74, 6) is -1.25. The van der Waals surface area contributed by atoms with Crippen molar-refractivity contribution in [3.8, 4) is 22.4 Å². The van der Waals surface area contributed by atoms with Crippen LogP contribution in [-0.4, -0.2) is 41.0 Å². The van der Waals surface area contributed by atoms with Crippen LogP contribution in [0.3, 0.4) is 0 Å². The maximum atomic E-state index is 14.9. The van der Waals surface area contributed by atoms with E-state index < -0.39 is 17.2 Å². The third kappa shape index (κ3) is 5.08. The van der Waals surface area contributed by atoms with Gasteiger partial charge in [-0.25, -0.2) is 32.3 Å². The molecule has 6 aromatic rings. The predicted molar refractivity (Wildman–Crippen MR) is 147 cm³/mol. The number of nitrogen functional groups attached to an aromatic ring is 1. The molecule has 9 nitrogen and oxygen atoms in total. The molecule has 0 radical (unpaired) electrons. The van der Waals surface area contributed by atoms with Crippen molar-refractivity contribution < 1.29 is 18.3 Å². The molecule has 41 heavy (non-hydrogen) atoms. The molecule has 4 aromatic heterocycles. The second-order valence-electron chi connectivity index (χ2n) is 9.51. The molecule has 0 aliphatic rings. The number of pyridine rings is 2. The number of aromatic nitrogens is 6. The summed E-state index contributed by atoms with van der Waals surface area (Å²) in [6.45, 7) is -0.363. The van der Waals surface area contributed by atoms with Crippen LogP contribution >= 0.6 is 0 Å². The minimum Gasteiger partial charge on any atom is -0.384 e. The lowest BCUT2D eigenvalue weighted by Crippen LogP contribution is -2.40. The number of anilines is 2. The average Bonchev–Trinajstić information content (AvgIpc) is 3.60. The summed E-state index contributed by atoms with van der Waals surface area (Å²) in [6.07, 6.45) is 4.28. The highest BCUT2D eigenvalue weighted by atomic mass is 19.1. The average molecular weight is 557 g/mol. The van der Waals surface area contributed by atoms with Crippen molar-refractivity contribution in [3.63, 3.8) is 0 Å². The van der Waals surface area contributed by atoms with Gasteiger partial charge in [-0.2, -0.15) is 10.2 Å². The zero-order chi connectivity index (χ0) is 28.6. The molecule has 0 saturated carbocycles. The van der Waals surface area contributed by atoms with E-state index in [0.717, 1.165) is 23.3 Å². The molecule has 0 bridgehead atoms. The van der Waals surface area contributed by atoms with E-state index in [1.807, 2.05) is 6.07 Å². The summed E-state index contributed by atoms with van der Waals surface area (Å²) < 4.78 is 45.4. The van der Waals surface area contributed by atoms with Gasteiger partial charge in [-0.3, -0.25) is 0 Å². The second-order valence-corrected chi connectivity index (χ2v) is 9.51. The van der Waals surface area contributed by atoms with E-state index in [-0.39, 0.29) is 24.5 Å². The highest BCUT2D eigenvalue weighted by molar-refractivity contribution is 5.93. The van der Waals surface area contributed by atoms with Crippen molar-refractivity contribution in [3.05, 3.63) is 115 Å². The quantitative estimate of drug-likeness (QED) is 0.250. The van der Waals surface area contributed by atoms with Crippen molar-refractivity contribution in [1.29, 1.82) is 0 Å². The molecule has 0 amide bonds. The third-order valence-electron chi connectivity index (χ3n) is 6.73. The smallest absolute Gasteiger partial charge is 0.137 e. The van der Waals surface area contributed by atoms with Gasteiger partial charge in [0, 0.05) is 29.0 Å². The van der Waals surface area contributed by atoms with Crippen molar-refractivity contribution in [2.75, 3.05) is 17.6 Å². The van der Waals surface area contributed by atoms with E-state index in [0.29, 0.717) is 28.4 Å². The van der Waals surface area contributed by atoms with Crippen LogP contribution in [-0.2, 0) is 12.1 Å². The largest absolute Gasteiger partial charge is 0.384 e. The Labute approximate surface area is 231 Å². The third-order valence-corrected chi connectivity index (χ3v) is 6.73. The molecule has 0 fully saturated rings. The molecular weight excluding hydrogens is 533 g/mol. The van der Waals surface area contributed by atoms with Crippen molar-refractivity contribution in [2.24, 2.45) is 0 Å². The van der Waals surface area contributed by atoms with Crippen molar-refractivity contribution in [2.45, 2.75) is 12.1 Å². The first-order valence-electron chi connectivity index (χ1n) is 12.5. The molecule has 206 valence electrons. The topological polar surface area (TPSA) is 119 Å². The van der Waals surface area contributed by atoms with Gasteiger partial charge in [-0.15, -0.1) is 0 Å². The Morgan fingerprint density at radius 2 is 1.73 bits per heavy atom. The van der Waals surface area contributed by atoms with E-state index >= 15 is 0 Å². The van der Waals surface area contributed by atoms with Crippen LogP contribution in [0.5, 0.6) is 0 Å². The number of fused-ring (bicyclic) bond motifs is 1. The number of hydrogen-bond donors (Lipinski definition) is 3. The molecule has 4 N–H and O–H groups in total. The molecule has 0 aliphatic heterocycles. The molecule has 0 spiro atoms. The van der Waals surface area contributed by atoms with Gasteiger partial charge in [-0.1, -0.05) is 12.1 Å². The summed E-state index contributed by atoms with van der Waals surface area (Å²) in [6, 6.07) is 17.9. The Morgan fingerprint density at radius 3 is 2.46 bits per heavy atom. The number of benzene rings is 2. The molecule has 1 atom stereocenters. The second kappa shape index (κ2) is 10.4. The standard InChI is InChI=1S/C29H23F3N8O/c30-20-6-4-18(5-7-20)28-27(19-10-11-35-25(33)12-19)24-2-1-3-26(40(24)38-28)36-14-29(41,15-39-17-34-16-37-39)22-9-8-21(31)13-23(22)32/h1-13,16-17,36,41H,14-15H2,(H2,33,35)/t29-/m0/s1. The van der Waals surface area contributed by atoms with Crippen LogP contribution in [0.25, 0.3) is 27.9 Å². The Kier molecular flexibility index (Phi) is 6.59. The van der Waals surface area contributed by atoms with E-state index in [9.17, 15) is 18.3 Å². The molecule has 0 aliphatic carbocycles. The highest BCUT2D eigenvalue weighted by Crippen LogP contribution is 2.37. The number of aliphatic hydroxyl groups is 1. The summed E-state index contributed by atoms with van der Waals surface area (Å²) in [7, 11) is 0. The molecule has 12 heteroatoms. The molecule has 2 aromatic carbocycles. The summed E-state index contributed by atoms with van der Waals surface area (Å²) in [4.78, 5) is 7.98. The van der Waals surface area contributed by atoms with Gasteiger partial charge in [-0.05, 0) is 60.2 Å². The molecule has 4 heterocycles. The van der Waals surface area contributed by atoms with Gasteiger partial charge in [0.2, 0.25) is 0 Å². The first-order valence-corrected chi connectivity index (χ1v) is 12.5. The predicted octanol–water partition coefficient (Wildman–Crippen LogP) is 4.65. The lowest BCUT2D eigenvalue weighted by atomic mass is 9.92. The fourth-order valence-electron chi connectivity index (χ4n) is 4.82. The Morgan fingerprint density at radius 1 is 0.927 bits per heavy atom. The highest BCUT2D eigenvalue weighted by Gasteiger charge is 2.34. The SMILES string of the molecule is Nc1cc(-c2c(-c3ccc(F)cc3)nn3c(NC[C@](O)(Cn4cncn4)c4ccc(F)cc4F)cccc23)ccn1. The maximum absolute atomic E-state index is 14.9. The lowest BCUT2D eigenvalue weighted by Gasteiger charge is -2.29.